The molecular weight excluding hydrogens is 244 g/mol. The SMILES string of the molecule is CCCC1CCC(NC)C(CN(C)CC2CCCC2)C1. The van der Waals surface area contributed by atoms with Gasteiger partial charge in [-0.15, -0.1) is 0 Å². The first-order valence-corrected chi connectivity index (χ1v) is 9.08. The molecule has 0 aromatic carbocycles. The molecule has 1 N–H and O–H groups in total. The van der Waals surface area contributed by atoms with Crippen molar-refractivity contribution in [2.24, 2.45) is 17.8 Å². The molecule has 2 aliphatic carbocycles. The van der Waals surface area contributed by atoms with E-state index in [4.69, 9.17) is 0 Å². The molecule has 2 aliphatic rings. The highest BCUT2D eigenvalue weighted by Gasteiger charge is 2.30. The highest BCUT2D eigenvalue weighted by atomic mass is 15.1. The molecule has 118 valence electrons. The third-order valence-corrected chi connectivity index (χ3v) is 5.75. The number of nitrogens with one attached hydrogen (secondary N) is 1. The van der Waals surface area contributed by atoms with Crippen LogP contribution in [0, 0.1) is 17.8 Å². The Morgan fingerprint density at radius 3 is 2.40 bits per heavy atom. The normalized spacial score (nSPS) is 32.1. The minimum Gasteiger partial charge on any atom is -0.317 e. The van der Waals surface area contributed by atoms with E-state index in [9.17, 15) is 0 Å². The summed E-state index contributed by atoms with van der Waals surface area (Å²) in [5.41, 5.74) is 0. The van der Waals surface area contributed by atoms with Crippen molar-refractivity contribution in [1.29, 1.82) is 0 Å². The Labute approximate surface area is 126 Å². The van der Waals surface area contributed by atoms with Gasteiger partial charge >= 0.3 is 0 Å². The van der Waals surface area contributed by atoms with Crippen LogP contribution in [0.3, 0.4) is 0 Å². The molecule has 2 fully saturated rings. The van der Waals surface area contributed by atoms with Crippen LogP contribution in [0.2, 0.25) is 0 Å². The molecule has 3 unspecified atom stereocenters. The maximum atomic E-state index is 3.59. The van der Waals surface area contributed by atoms with Crippen molar-refractivity contribution in [1.82, 2.24) is 10.2 Å². The van der Waals surface area contributed by atoms with Gasteiger partial charge in [0.1, 0.15) is 0 Å². The molecule has 0 amide bonds. The molecule has 0 aromatic heterocycles. The van der Waals surface area contributed by atoms with Gasteiger partial charge in [0.05, 0.1) is 0 Å². The van der Waals surface area contributed by atoms with Crippen LogP contribution >= 0.6 is 0 Å². The maximum Gasteiger partial charge on any atom is 0.0105 e. The summed E-state index contributed by atoms with van der Waals surface area (Å²) >= 11 is 0. The van der Waals surface area contributed by atoms with E-state index in [1.165, 1.54) is 70.9 Å². The van der Waals surface area contributed by atoms with Crippen molar-refractivity contribution in [2.45, 2.75) is 70.8 Å². The molecule has 2 heteroatoms. The average Bonchev–Trinajstić information content (AvgIpc) is 2.92. The molecule has 0 heterocycles. The first kappa shape index (κ1) is 16.3. The molecule has 20 heavy (non-hydrogen) atoms. The number of rotatable bonds is 7. The Hall–Kier alpha value is -0.0800. The van der Waals surface area contributed by atoms with Crippen LogP contribution < -0.4 is 5.32 Å². The van der Waals surface area contributed by atoms with E-state index in [-0.39, 0.29) is 0 Å². The summed E-state index contributed by atoms with van der Waals surface area (Å²) in [6.07, 6.45) is 13.0. The first-order chi connectivity index (χ1) is 9.72. The zero-order valence-electron chi connectivity index (χ0n) is 14.0. The smallest absolute Gasteiger partial charge is 0.0105 e. The van der Waals surface area contributed by atoms with Gasteiger partial charge in [0.25, 0.3) is 0 Å². The summed E-state index contributed by atoms with van der Waals surface area (Å²) in [7, 11) is 4.52. The molecule has 3 atom stereocenters. The van der Waals surface area contributed by atoms with Crippen LogP contribution in [0.25, 0.3) is 0 Å². The predicted octanol–water partition coefficient (Wildman–Crippen LogP) is 3.91. The van der Waals surface area contributed by atoms with Gasteiger partial charge in [-0.25, -0.2) is 0 Å². The molecule has 2 saturated carbocycles. The van der Waals surface area contributed by atoms with E-state index in [0.717, 1.165) is 23.8 Å². The largest absolute Gasteiger partial charge is 0.317 e. The second-order valence-corrected chi connectivity index (χ2v) is 7.49. The lowest BCUT2D eigenvalue weighted by Gasteiger charge is -2.38. The summed E-state index contributed by atoms with van der Waals surface area (Å²) in [6, 6.07) is 0.758. The van der Waals surface area contributed by atoms with E-state index in [1.54, 1.807) is 0 Å². The fourth-order valence-corrected chi connectivity index (χ4v) is 4.72. The lowest BCUT2D eigenvalue weighted by Crippen LogP contribution is -2.44. The number of nitrogens with zero attached hydrogens (tertiary/aromatic N) is 1. The van der Waals surface area contributed by atoms with Crippen LogP contribution in [0.1, 0.15) is 64.7 Å². The zero-order valence-corrected chi connectivity index (χ0v) is 14.0. The fourth-order valence-electron chi connectivity index (χ4n) is 4.72. The van der Waals surface area contributed by atoms with Gasteiger partial charge in [0, 0.05) is 19.1 Å². The topological polar surface area (TPSA) is 15.3 Å². The maximum absolute atomic E-state index is 3.59. The summed E-state index contributed by atoms with van der Waals surface area (Å²) in [4.78, 5) is 2.64. The first-order valence-electron chi connectivity index (χ1n) is 9.08. The van der Waals surface area contributed by atoms with E-state index in [0.29, 0.717) is 0 Å². The van der Waals surface area contributed by atoms with Gasteiger partial charge in [0.15, 0.2) is 0 Å². The molecule has 2 rings (SSSR count). The van der Waals surface area contributed by atoms with Gasteiger partial charge in [-0.05, 0) is 64.0 Å². The standard InChI is InChI=1S/C18H36N2/c1-4-7-15-10-11-18(19-2)17(12-15)14-20(3)13-16-8-5-6-9-16/h15-19H,4-14H2,1-3H3. The highest BCUT2D eigenvalue weighted by Crippen LogP contribution is 2.33. The summed E-state index contributed by atoms with van der Waals surface area (Å²) in [5, 5.41) is 3.59. The fraction of sp³-hybridized carbons (Fsp3) is 1.00. The second-order valence-electron chi connectivity index (χ2n) is 7.49. The number of hydrogen-bond acceptors (Lipinski definition) is 2. The van der Waals surface area contributed by atoms with Crippen LogP contribution in [0.5, 0.6) is 0 Å². The second kappa shape index (κ2) is 8.38. The van der Waals surface area contributed by atoms with E-state index >= 15 is 0 Å². The van der Waals surface area contributed by atoms with Crippen molar-refractivity contribution in [3.8, 4) is 0 Å². The molecular formula is C18H36N2. The average molecular weight is 280 g/mol. The third kappa shape index (κ3) is 4.73. The summed E-state index contributed by atoms with van der Waals surface area (Å²) in [6.45, 7) is 4.99. The van der Waals surface area contributed by atoms with Crippen LogP contribution in [-0.4, -0.2) is 38.1 Å². The Balaban J connectivity index is 1.79. The predicted molar refractivity (Wildman–Crippen MR) is 88.0 cm³/mol. The molecule has 0 aromatic rings. The van der Waals surface area contributed by atoms with Crippen molar-refractivity contribution >= 4 is 0 Å². The minimum absolute atomic E-state index is 0.758. The summed E-state index contributed by atoms with van der Waals surface area (Å²) < 4.78 is 0. The van der Waals surface area contributed by atoms with Crippen molar-refractivity contribution in [2.75, 3.05) is 27.2 Å². The molecule has 0 bridgehead atoms. The molecule has 2 nitrogen and oxygen atoms in total. The monoisotopic (exact) mass is 280 g/mol. The highest BCUT2D eigenvalue weighted by molar-refractivity contribution is 4.86. The van der Waals surface area contributed by atoms with Crippen molar-refractivity contribution in [3.05, 3.63) is 0 Å². The lowest BCUT2D eigenvalue weighted by molar-refractivity contribution is 0.144. The number of hydrogen-bond donors (Lipinski definition) is 1. The Morgan fingerprint density at radius 1 is 1.00 bits per heavy atom. The van der Waals surface area contributed by atoms with Gasteiger partial charge in [0.2, 0.25) is 0 Å². The zero-order chi connectivity index (χ0) is 14.4. The Kier molecular flexibility index (Phi) is 6.83. The minimum atomic E-state index is 0.758. The van der Waals surface area contributed by atoms with E-state index in [1.807, 2.05) is 0 Å². The van der Waals surface area contributed by atoms with Gasteiger partial charge < -0.3 is 10.2 Å². The van der Waals surface area contributed by atoms with Crippen molar-refractivity contribution < 1.29 is 0 Å². The molecule has 0 saturated heterocycles. The van der Waals surface area contributed by atoms with E-state index < -0.39 is 0 Å². The third-order valence-electron chi connectivity index (χ3n) is 5.75. The Bertz CT molecular complexity index is 260. The van der Waals surface area contributed by atoms with Gasteiger partial charge in [-0.1, -0.05) is 32.6 Å². The van der Waals surface area contributed by atoms with Crippen LogP contribution in [0.4, 0.5) is 0 Å². The van der Waals surface area contributed by atoms with Crippen LogP contribution in [-0.2, 0) is 0 Å². The van der Waals surface area contributed by atoms with E-state index in [2.05, 4.69) is 31.2 Å². The van der Waals surface area contributed by atoms with Gasteiger partial charge in [-0.3, -0.25) is 0 Å². The molecule has 0 spiro atoms. The van der Waals surface area contributed by atoms with Crippen LogP contribution in [0.15, 0.2) is 0 Å². The molecule has 0 radical (unpaired) electrons. The van der Waals surface area contributed by atoms with Crippen molar-refractivity contribution in [3.63, 3.8) is 0 Å². The summed E-state index contributed by atoms with van der Waals surface area (Å²) in [5.74, 6) is 2.86. The Morgan fingerprint density at radius 2 is 1.75 bits per heavy atom. The quantitative estimate of drug-likeness (QED) is 0.760. The molecule has 0 aliphatic heterocycles. The lowest BCUT2D eigenvalue weighted by atomic mass is 9.76. The van der Waals surface area contributed by atoms with Gasteiger partial charge in [-0.2, -0.15) is 0 Å².